The van der Waals surface area contributed by atoms with E-state index in [0.717, 1.165) is 27.8 Å². The zero-order valence-electron chi connectivity index (χ0n) is 13.3. The van der Waals surface area contributed by atoms with E-state index in [1.807, 2.05) is 44.2 Å². The Bertz CT molecular complexity index is 759. The second-order valence-corrected chi connectivity index (χ2v) is 8.14. The Morgan fingerprint density at radius 3 is 2.22 bits per heavy atom. The summed E-state index contributed by atoms with van der Waals surface area (Å²) >= 11 is 3.48. The minimum Gasteiger partial charge on any atom is -0.356 e. The predicted octanol–water partition coefficient (Wildman–Crippen LogP) is 5.04. The molecule has 0 fully saturated rings. The minimum atomic E-state index is -3.25. The Labute approximate surface area is 146 Å². The number of aryl methyl sites for hydroxylation is 1. The van der Waals surface area contributed by atoms with E-state index in [0.29, 0.717) is 12.1 Å². The number of hydrogen-bond acceptors (Lipinski definition) is 3. The maximum atomic E-state index is 11.9. The molecule has 0 aliphatic rings. The third-order valence-corrected chi connectivity index (χ3v) is 5.63. The molecule has 0 aliphatic carbocycles. The average Bonchev–Trinajstić information content (AvgIpc) is 2.51. The Kier molecular flexibility index (Phi) is 6.07. The second kappa shape index (κ2) is 7.84. The molecule has 0 aromatic heterocycles. The van der Waals surface area contributed by atoms with Gasteiger partial charge in [0.25, 0.3) is 0 Å². The van der Waals surface area contributed by atoms with Crippen molar-refractivity contribution in [2.75, 3.05) is 15.8 Å². The molecule has 0 spiro atoms. The summed E-state index contributed by atoms with van der Waals surface area (Å²) in [7, 11) is -3.25. The van der Waals surface area contributed by atoms with Crippen LogP contribution in [0.3, 0.4) is 0 Å². The van der Waals surface area contributed by atoms with Crippen molar-refractivity contribution in [3.63, 3.8) is 0 Å². The molecule has 0 unspecified atom stereocenters. The van der Waals surface area contributed by atoms with Crippen molar-refractivity contribution in [3.8, 4) is 0 Å². The van der Waals surface area contributed by atoms with E-state index in [-0.39, 0.29) is 5.75 Å². The maximum Gasteiger partial charge on any atom is 0.232 e. The van der Waals surface area contributed by atoms with Gasteiger partial charge in [0, 0.05) is 21.5 Å². The van der Waals surface area contributed by atoms with E-state index in [1.165, 1.54) is 0 Å². The van der Waals surface area contributed by atoms with E-state index >= 15 is 0 Å². The van der Waals surface area contributed by atoms with Crippen LogP contribution in [0.25, 0.3) is 0 Å². The lowest BCUT2D eigenvalue weighted by molar-refractivity contribution is 0.598. The monoisotopic (exact) mass is 396 g/mol. The Balaban J connectivity index is 2.03. The summed E-state index contributed by atoms with van der Waals surface area (Å²) in [6, 6.07) is 13.3. The van der Waals surface area contributed by atoms with Gasteiger partial charge in [0.2, 0.25) is 10.0 Å². The molecule has 0 amide bonds. The molecule has 2 rings (SSSR count). The molecular formula is C17H21BrN2O2S. The summed E-state index contributed by atoms with van der Waals surface area (Å²) in [6.45, 7) is 4.00. The van der Waals surface area contributed by atoms with Gasteiger partial charge in [-0.15, -0.1) is 0 Å². The van der Waals surface area contributed by atoms with Crippen molar-refractivity contribution in [2.24, 2.45) is 0 Å². The van der Waals surface area contributed by atoms with Gasteiger partial charge in [0.05, 0.1) is 5.75 Å². The van der Waals surface area contributed by atoms with Gasteiger partial charge in [0.15, 0.2) is 0 Å². The van der Waals surface area contributed by atoms with Crippen LogP contribution >= 0.6 is 15.9 Å². The molecule has 0 heterocycles. The molecule has 0 bridgehead atoms. The Morgan fingerprint density at radius 1 is 1.00 bits per heavy atom. The van der Waals surface area contributed by atoms with Crippen LogP contribution in [0.2, 0.25) is 0 Å². The number of nitrogens with one attached hydrogen (secondary N) is 2. The van der Waals surface area contributed by atoms with Crippen molar-refractivity contribution in [3.05, 3.63) is 52.5 Å². The maximum absolute atomic E-state index is 11.9. The molecule has 0 saturated carbocycles. The molecule has 2 N–H and O–H groups in total. The molecule has 23 heavy (non-hydrogen) atoms. The van der Waals surface area contributed by atoms with Crippen LogP contribution < -0.4 is 10.0 Å². The van der Waals surface area contributed by atoms with Crippen molar-refractivity contribution in [1.82, 2.24) is 0 Å². The fourth-order valence-corrected chi connectivity index (χ4v) is 3.59. The highest BCUT2D eigenvalue weighted by Gasteiger charge is 2.09. The van der Waals surface area contributed by atoms with Crippen LogP contribution in [-0.2, 0) is 10.0 Å². The van der Waals surface area contributed by atoms with Gasteiger partial charge in [-0.25, -0.2) is 8.42 Å². The number of unbranched alkanes of at least 4 members (excludes halogenated alkanes) is 1. The van der Waals surface area contributed by atoms with Crippen LogP contribution in [0.5, 0.6) is 0 Å². The zero-order valence-corrected chi connectivity index (χ0v) is 15.7. The highest BCUT2D eigenvalue weighted by Crippen LogP contribution is 2.24. The lowest BCUT2D eigenvalue weighted by Crippen LogP contribution is -2.16. The molecule has 0 aliphatic heterocycles. The molecule has 6 heteroatoms. The van der Waals surface area contributed by atoms with E-state index in [2.05, 4.69) is 26.0 Å². The number of sulfonamides is 1. The first kappa shape index (κ1) is 17.8. The summed E-state index contributed by atoms with van der Waals surface area (Å²) in [5.41, 5.74) is 3.62. The van der Waals surface area contributed by atoms with E-state index in [1.54, 1.807) is 12.1 Å². The molecule has 0 radical (unpaired) electrons. The van der Waals surface area contributed by atoms with E-state index in [4.69, 9.17) is 0 Å². The van der Waals surface area contributed by atoms with Crippen molar-refractivity contribution < 1.29 is 8.42 Å². The average molecular weight is 397 g/mol. The normalized spacial score (nSPS) is 11.3. The van der Waals surface area contributed by atoms with Crippen LogP contribution in [-0.4, -0.2) is 14.2 Å². The molecular weight excluding hydrogens is 376 g/mol. The number of rotatable bonds is 7. The van der Waals surface area contributed by atoms with Crippen molar-refractivity contribution in [2.45, 2.75) is 26.7 Å². The summed E-state index contributed by atoms with van der Waals surface area (Å²) in [6.07, 6.45) is 1.52. The third-order valence-electron chi connectivity index (χ3n) is 3.37. The van der Waals surface area contributed by atoms with Crippen LogP contribution in [0, 0.1) is 6.92 Å². The van der Waals surface area contributed by atoms with Gasteiger partial charge < -0.3 is 5.32 Å². The van der Waals surface area contributed by atoms with Crippen molar-refractivity contribution >= 4 is 43.0 Å². The van der Waals surface area contributed by atoms with Gasteiger partial charge in [0.1, 0.15) is 0 Å². The van der Waals surface area contributed by atoms with Gasteiger partial charge in [-0.1, -0.05) is 29.3 Å². The summed E-state index contributed by atoms with van der Waals surface area (Å²) in [5, 5.41) is 3.30. The largest absolute Gasteiger partial charge is 0.356 e. The Hall–Kier alpha value is -1.53. The molecule has 124 valence electrons. The SMILES string of the molecule is CCCCS(=O)(=O)Nc1ccc(Nc2ccc(Br)c(C)c2)cc1. The fraction of sp³-hybridized carbons (Fsp3) is 0.294. The molecule has 2 aromatic rings. The second-order valence-electron chi connectivity index (χ2n) is 5.44. The topological polar surface area (TPSA) is 58.2 Å². The van der Waals surface area contributed by atoms with Crippen LogP contribution in [0.15, 0.2) is 46.9 Å². The number of anilines is 3. The third kappa shape index (κ3) is 5.55. The molecule has 0 atom stereocenters. The van der Waals surface area contributed by atoms with Gasteiger partial charge in [-0.2, -0.15) is 0 Å². The van der Waals surface area contributed by atoms with Gasteiger partial charge in [-0.3, -0.25) is 4.72 Å². The molecule has 4 nitrogen and oxygen atoms in total. The van der Waals surface area contributed by atoms with E-state index < -0.39 is 10.0 Å². The zero-order chi connectivity index (χ0) is 16.9. The first-order valence-corrected chi connectivity index (χ1v) is 9.98. The summed E-state index contributed by atoms with van der Waals surface area (Å²) in [4.78, 5) is 0. The quantitative estimate of drug-likeness (QED) is 0.688. The highest BCUT2D eigenvalue weighted by molar-refractivity contribution is 9.10. The Morgan fingerprint density at radius 2 is 1.61 bits per heavy atom. The number of benzene rings is 2. The van der Waals surface area contributed by atoms with E-state index in [9.17, 15) is 8.42 Å². The van der Waals surface area contributed by atoms with Crippen molar-refractivity contribution in [1.29, 1.82) is 0 Å². The predicted molar refractivity (Wildman–Crippen MR) is 101 cm³/mol. The number of hydrogen-bond donors (Lipinski definition) is 2. The first-order chi connectivity index (χ1) is 10.9. The van der Waals surface area contributed by atoms with Gasteiger partial charge in [-0.05, 0) is 61.4 Å². The standard InChI is InChI=1S/C17H21BrN2O2S/c1-3-4-11-23(21,22)20-15-7-5-14(6-8-15)19-16-9-10-17(18)13(2)12-16/h5-10,12,19-20H,3-4,11H2,1-2H3. The number of halogens is 1. The van der Waals surface area contributed by atoms with Crippen LogP contribution in [0.1, 0.15) is 25.3 Å². The fourth-order valence-electron chi connectivity index (χ4n) is 2.08. The smallest absolute Gasteiger partial charge is 0.232 e. The molecule has 0 saturated heterocycles. The summed E-state index contributed by atoms with van der Waals surface area (Å²) < 4.78 is 27.4. The van der Waals surface area contributed by atoms with Gasteiger partial charge >= 0.3 is 0 Å². The first-order valence-electron chi connectivity index (χ1n) is 7.53. The molecule has 2 aromatic carbocycles. The highest BCUT2D eigenvalue weighted by atomic mass is 79.9. The van der Waals surface area contributed by atoms with Crippen LogP contribution in [0.4, 0.5) is 17.1 Å². The lowest BCUT2D eigenvalue weighted by atomic mass is 10.2. The minimum absolute atomic E-state index is 0.154. The summed E-state index contributed by atoms with van der Waals surface area (Å²) in [5.74, 6) is 0.154. The lowest BCUT2D eigenvalue weighted by Gasteiger charge is -2.10.